The minimum Gasteiger partial charge on any atom is -0.308 e. The van der Waals surface area contributed by atoms with Gasteiger partial charge in [-0.1, -0.05) is 35.1 Å². The predicted molar refractivity (Wildman–Crippen MR) is 103 cm³/mol. The van der Waals surface area contributed by atoms with Crippen molar-refractivity contribution in [3.63, 3.8) is 0 Å². The Kier molecular flexibility index (Phi) is 4.35. The number of nitrogens with one attached hydrogen (secondary N) is 2. The van der Waals surface area contributed by atoms with E-state index in [1.54, 1.807) is 18.2 Å². The number of alkyl halides is 3. The number of thiazole rings is 1. The van der Waals surface area contributed by atoms with Crippen molar-refractivity contribution in [3.05, 3.63) is 69.0 Å². The van der Waals surface area contributed by atoms with Gasteiger partial charge in [-0.15, -0.1) is 0 Å². The second-order valence-corrected chi connectivity index (χ2v) is 7.32. The van der Waals surface area contributed by atoms with Crippen LogP contribution in [0.1, 0.15) is 11.1 Å². The second kappa shape index (κ2) is 6.61. The summed E-state index contributed by atoms with van der Waals surface area (Å²) in [5, 5.41) is 11.2. The average molecular weight is 423 g/mol. The number of hydrogen-bond acceptors (Lipinski definition) is 4. The Labute approximate surface area is 164 Å². The second-order valence-electron chi connectivity index (χ2n) is 5.87. The number of H-pyrrole nitrogens is 1. The summed E-state index contributed by atoms with van der Waals surface area (Å²) < 4.78 is 40.9. The molecule has 28 heavy (non-hydrogen) atoms. The first-order chi connectivity index (χ1) is 13.3. The number of hydrogen-bond donors (Lipinski definition) is 2. The monoisotopic (exact) mass is 422 g/mol. The molecule has 0 atom stereocenters. The summed E-state index contributed by atoms with van der Waals surface area (Å²) in [7, 11) is 0. The number of benzene rings is 2. The highest BCUT2D eigenvalue weighted by Crippen LogP contribution is 2.32. The lowest BCUT2D eigenvalue weighted by atomic mass is 10.1. The zero-order valence-electron chi connectivity index (χ0n) is 13.8. The van der Waals surface area contributed by atoms with Gasteiger partial charge in [-0.05, 0) is 30.3 Å². The van der Waals surface area contributed by atoms with Crippen molar-refractivity contribution in [2.75, 3.05) is 0 Å². The molecule has 0 aliphatic carbocycles. The van der Waals surface area contributed by atoms with Gasteiger partial charge in [-0.25, -0.2) is 4.98 Å². The maximum Gasteiger partial charge on any atom is 0.416 e. The van der Waals surface area contributed by atoms with Crippen molar-refractivity contribution in [1.29, 1.82) is 5.41 Å². The van der Waals surface area contributed by atoms with E-state index in [-0.39, 0.29) is 16.8 Å². The number of aromatic nitrogens is 3. The van der Waals surface area contributed by atoms with Crippen LogP contribution < -0.4 is 5.56 Å². The first-order valence-electron chi connectivity index (χ1n) is 7.87. The third-order valence-electron chi connectivity index (χ3n) is 4.08. The number of fused-ring (bicyclic) bond motifs is 1. The maximum atomic E-state index is 13.0. The van der Waals surface area contributed by atoms with E-state index in [2.05, 4.69) is 10.1 Å². The molecule has 2 aromatic carbocycles. The summed E-state index contributed by atoms with van der Waals surface area (Å²) in [5.74, 6) is 0. The minimum atomic E-state index is -4.52. The number of aromatic amines is 1. The Hall–Kier alpha value is -2.91. The molecule has 0 radical (unpaired) electrons. The van der Waals surface area contributed by atoms with Crippen LogP contribution in [-0.4, -0.2) is 21.0 Å². The Morgan fingerprint density at radius 2 is 2.00 bits per heavy atom. The van der Waals surface area contributed by atoms with E-state index in [0.29, 0.717) is 15.7 Å². The van der Waals surface area contributed by atoms with Gasteiger partial charge in [-0.3, -0.25) is 9.89 Å². The Morgan fingerprint density at radius 1 is 1.21 bits per heavy atom. The molecule has 0 unspecified atom stereocenters. The molecule has 10 heteroatoms. The lowest BCUT2D eigenvalue weighted by molar-refractivity contribution is -0.137. The van der Waals surface area contributed by atoms with Crippen molar-refractivity contribution in [2.45, 2.75) is 6.18 Å². The predicted octanol–water partition coefficient (Wildman–Crippen LogP) is 5.11. The topological polar surface area (TPSA) is 74.5 Å². The summed E-state index contributed by atoms with van der Waals surface area (Å²) in [6, 6.07) is 9.65. The molecule has 5 nitrogen and oxygen atoms in total. The van der Waals surface area contributed by atoms with Crippen molar-refractivity contribution in [3.8, 4) is 16.4 Å². The number of nitrogens with zero attached hydrogens (tertiary/aromatic N) is 2. The molecule has 2 heterocycles. The molecule has 2 aromatic heterocycles. The normalized spacial score (nSPS) is 11.9. The SMILES string of the molecule is N=Cc1c(-c2cccc(C(F)(F)F)c2)[nH]n(-c2nc3ccc(Cl)cc3s2)c1=O. The first-order valence-corrected chi connectivity index (χ1v) is 9.07. The van der Waals surface area contributed by atoms with Gasteiger partial charge in [0.25, 0.3) is 5.56 Å². The van der Waals surface area contributed by atoms with E-state index in [1.807, 2.05) is 0 Å². The largest absolute Gasteiger partial charge is 0.416 e. The number of halogens is 4. The molecular weight excluding hydrogens is 413 g/mol. The summed E-state index contributed by atoms with van der Waals surface area (Å²) in [6.45, 7) is 0. The van der Waals surface area contributed by atoms with Crippen LogP contribution in [0.3, 0.4) is 0 Å². The quantitative estimate of drug-likeness (QED) is 0.450. The third kappa shape index (κ3) is 3.12. The minimum absolute atomic E-state index is 0.0587. The fraction of sp³-hybridized carbons (Fsp3) is 0.0556. The van der Waals surface area contributed by atoms with E-state index in [0.717, 1.165) is 27.7 Å². The molecule has 0 saturated carbocycles. The fourth-order valence-corrected chi connectivity index (χ4v) is 3.97. The highest BCUT2D eigenvalue weighted by molar-refractivity contribution is 7.20. The first kappa shape index (κ1) is 18.5. The Bertz CT molecular complexity index is 1270. The Balaban J connectivity index is 1.89. The van der Waals surface area contributed by atoms with Crippen LogP contribution in [0.5, 0.6) is 0 Å². The van der Waals surface area contributed by atoms with Crippen LogP contribution in [0.4, 0.5) is 13.2 Å². The molecule has 4 aromatic rings. The van der Waals surface area contributed by atoms with Gasteiger partial charge >= 0.3 is 6.18 Å². The van der Waals surface area contributed by atoms with Gasteiger partial charge in [0.15, 0.2) is 0 Å². The molecule has 0 bridgehead atoms. The van der Waals surface area contributed by atoms with Crippen molar-refractivity contribution >= 4 is 39.4 Å². The smallest absolute Gasteiger partial charge is 0.308 e. The summed E-state index contributed by atoms with van der Waals surface area (Å²) in [4.78, 5) is 17.1. The van der Waals surface area contributed by atoms with Crippen molar-refractivity contribution in [1.82, 2.24) is 14.8 Å². The lowest BCUT2D eigenvalue weighted by Gasteiger charge is -2.08. The molecule has 0 saturated heterocycles. The summed E-state index contributed by atoms with van der Waals surface area (Å²) in [5.41, 5.74) is -0.590. The Morgan fingerprint density at radius 3 is 2.71 bits per heavy atom. The molecule has 4 rings (SSSR count). The fourth-order valence-electron chi connectivity index (χ4n) is 2.77. The standard InChI is InChI=1S/C18H10ClF3N4OS/c19-11-4-5-13-14(7-11)28-17(24-13)26-16(27)12(8-23)15(25-26)9-2-1-3-10(6-9)18(20,21)22/h1-8,23,25H. The molecule has 0 amide bonds. The van der Waals surface area contributed by atoms with Gasteiger partial charge in [0.2, 0.25) is 5.13 Å². The lowest BCUT2D eigenvalue weighted by Crippen LogP contribution is -2.16. The van der Waals surface area contributed by atoms with E-state index in [4.69, 9.17) is 17.0 Å². The van der Waals surface area contributed by atoms with Crippen LogP contribution in [0.15, 0.2) is 47.3 Å². The van der Waals surface area contributed by atoms with E-state index >= 15 is 0 Å². The van der Waals surface area contributed by atoms with Crippen LogP contribution in [0.2, 0.25) is 5.02 Å². The molecule has 0 fully saturated rings. The van der Waals surface area contributed by atoms with Gasteiger partial charge in [-0.2, -0.15) is 17.9 Å². The summed E-state index contributed by atoms with van der Waals surface area (Å²) >= 11 is 7.16. The van der Waals surface area contributed by atoms with Gasteiger partial charge in [0.05, 0.1) is 27.0 Å². The van der Waals surface area contributed by atoms with Gasteiger partial charge in [0.1, 0.15) is 0 Å². The highest BCUT2D eigenvalue weighted by Gasteiger charge is 2.31. The van der Waals surface area contributed by atoms with Crippen LogP contribution in [-0.2, 0) is 6.18 Å². The van der Waals surface area contributed by atoms with Crippen LogP contribution in [0.25, 0.3) is 26.6 Å². The number of rotatable bonds is 3. The molecule has 0 aliphatic rings. The van der Waals surface area contributed by atoms with Gasteiger partial charge < -0.3 is 5.41 Å². The highest BCUT2D eigenvalue weighted by atomic mass is 35.5. The molecular formula is C18H10ClF3N4OS. The summed E-state index contributed by atoms with van der Waals surface area (Å²) in [6.07, 6.45) is -3.70. The molecule has 2 N–H and O–H groups in total. The van der Waals surface area contributed by atoms with Crippen molar-refractivity contribution < 1.29 is 13.2 Å². The van der Waals surface area contributed by atoms with Crippen LogP contribution >= 0.6 is 22.9 Å². The average Bonchev–Trinajstić information content (AvgIpc) is 3.21. The zero-order valence-corrected chi connectivity index (χ0v) is 15.4. The molecule has 0 spiro atoms. The van der Waals surface area contributed by atoms with Crippen molar-refractivity contribution in [2.24, 2.45) is 0 Å². The zero-order chi connectivity index (χ0) is 20.1. The maximum absolute atomic E-state index is 13.0. The van der Waals surface area contributed by atoms with Crippen LogP contribution in [0, 0.1) is 5.41 Å². The van der Waals surface area contributed by atoms with E-state index in [9.17, 15) is 18.0 Å². The molecule has 0 aliphatic heterocycles. The third-order valence-corrected chi connectivity index (χ3v) is 5.32. The molecule has 142 valence electrons. The van der Waals surface area contributed by atoms with E-state index in [1.165, 1.54) is 23.5 Å². The van der Waals surface area contributed by atoms with E-state index < -0.39 is 17.3 Å². The van der Waals surface area contributed by atoms with Gasteiger partial charge in [0, 0.05) is 16.8 Å².